The Balaban J connectivity index is 2.33. The van der Waals surface area contributed by atoms with Crippen LogP contribution in [0, 0.1) is 24.0 Å². The molecule has 1 aromatic heterocycles. The van der Waals surface area contributed by atoms with E-state index in [-0.39, 0.29) is 30.0 Å². The number of aliphatic carboxylic acids is 1. The van der Waals surface area contributed by atoms with Crippen molar-refractivity contribution >= 4 is 11.7 Å². The van der Waals surface area contributed by atoms with Gasteiger partial charge in [-0.1, -0.05) is 35.0 Å². The minimum atomic E-state index is -0.968. The molecule has 2 rings (SSSR count). The molecule has 0 amide bonds. The van der Waals surface area contributed by atoms with E-state index >= 15 is 0 Å². The second-order valence-corrected chi connectivity index (χ2v) is 5.21. The minimum Gasteiger partial charge on any atom is -0.481 e. The summed E-state index contributed by atoms with van der Waals surface area (Å²) in [5.74, 6) is -1.28. The van der Waals surface area contributed by atoms with Crippen LogP contribution in [0.25, 0.3) is 0 Å². The lowest BCUT2D eigenvalue weighted by atomic mass is 9.90. The maximum atomic E-state index is 11.1. The fourth-order valence-electron chi connectivity index (χ4n) is 2.36. The van der Waals surface area contributed by atoms with Crippen LogP contribution in [0.5, 0.6) is 0 Å². The summed E-state index contributed by atoms with van der Waals surface area (Å²) in [5, 5.41) is 23.8. The molecule has 0 aliphatic rings. The number of benzene rings is 1. The molecule has 1 aromatic carbocycles. The summed E-state index contributed by atoms with van der Waals surface area (Å²) in [4.78, 5) is 21.6. The van der Waals surface area contributed by atoms with E-state index in [9.17, 15) is 14.9 Å². The van der Waals surface area contributed by atoms with Gasteiger partial charge in [-0.3, -0.25) is 14.9 Å². The summed E-state index contributed by atoms with van der Waals surface area (Å²) >= 11 is 0. The maximum Gasteiger partial charge on any atom is 0.334 e. The van der Waals surface area contributed by atoms with Gasteiger partial charge in [0.25, 0.3) is 0 Å². The molecule has 22 heavy (non-hydrogen) atoms. The van der Waals surface area contributed by atoms with Gasteiger partial charge in [-0.15, -0.1) is 0 Å². The average Bonchev–Trinajstić information content (AvgIpc) is 2.79. The molecule has 0 fully saturated rings. The quantitative estimate of drug-likeness (QED) is 0.649. The molecular formula is C15H16N2O5. The summed E-state index contributed by atoms with van der Waals surface area (Å²) in [7, 11) is 0. The number of nitro groups is 1. The summed E-state index contributed by atoms with van der Waals surface area (Å²) < 4.78 is 5.03. The number of carbonyl (C=O) groups is 1. The second-order valence-electron chi connectivity index (χ2n) is 5.21. The lowest BCUT2D eigenvalue weighted by molar-refractivity contribution is -0.386. The second kappa shape index (κ2) is 6.38. The number of aryl methyl sites for hydroxylation is 2. The van der Waals surface area contributed by atoms with Crippen LogP contribution in [0.4, 0.5) is 5.69 Å². The van der Waals surface area contributed by atoms with Gasteiger partial charge in [-0.05, 0) is 19.4 Å². The fraction of sp³-hybridized carbons (Fsp3) is 0.333. The number of carboxylic acids is 1. The first kappa shape index (κ1) is 15.7. The van der Waals surface area contributed by atoms with Crippen molar-refractivity contribution in [3.8, 4) is 0 Å². The molecule has 1 N–H and O–H groups in total. The Morgan fingerprint density at radius 1 is 1.36 bits per heavy atom. The van der Waals surface area contributed by atoms with Crippen LogP contribution < -0.4 is 0 Å². The topological polar surface area (TPSA) is 106 Å². The van der Waals surface area contributed by atoms with Crippen LogP contribution in [0.15, 0.2) is 28.8 Å². The number of hydrogen-bond donors (Lipinski definition) is 1. The standard InChI is InChI=1S/C15H16N2O5/c1-9-3-5-11(6-4-9)12(8-14(18)19)7-13-15(17(20)21)10(2)16-22-13/h3-6,12H,7-8H2,1-2H3,(H,18,19). The minimum absolute atomic E-state index is 0.106. The summed E-state index contributed by atoms with van der Waals surface area (Å²) in [6.07, 6.45) is -0.0214. The van der Waals surface area contributed by atoms with E-state index in [0.29, 0.717) is 0 Å². The molecule has 116 valence electrons. The molecule has 0 aliphatic heterocycles. The third-order valence-corrected chi connectivity index (χ3v) is 3.48. The number of carboxylic acid groups (broad SMARTS) is 1. The van der Waals surface area contributed by atoms with E-state index in [1.807, 2.05) is 31.2 Å². The van der Waals surface area contributed by atoms with E-state index < -0.39 is 16.8 Å². The van der Waals surface area contributed by atoms with Crippen LogP contribution >= 0.6 is 0 Å². The molecule has 2 aromatic rings. The summed E-state index contributed by atoms with van der Waals surface area (Å²) in [5.41, 5.74) is 1.87. The molecule has 7 heteroatoms. The van der Waals surface area contributed by atoms with Crippen LogP contribution in [0.3, 0.4) is 0 Å². The van der Waals surface area contributed by atoms with Crippen LogP contribution in [-0.4, -0.2) is 21.2 Å². The smallest absolute Gasteiger partial charge is 0.334 e. The molecule has 0 spiro atoms. The van der Waals surface area contributed by atoms with Crippen molar-refractivity contribution in [1.82, 2.24) is 5.16 Å². The average molecular weight is 304 g/mol. The zero-order valence-corrected chi connectivity index (χ0v) is 12.3. The van der Waals surface area contributed by atoms with Crippen molar-refractivity contribution in [3.63, 3.8) is 0 Å². The van der Waals surface area contributed by atoms with E-state index in [2.05, 4.69) is 5.16 Å². The van der Waals surface area contributed by atoms with Crippen LogP contribution in [0.1, 0.15) is 34.9 Å². The third kappa shape index (κ3) is 3.49. The van der Waals surface area contributed by atoms with E-state index in [1.165, 1.54) is 6.92 Å². The number of aromatic nitrogens is 1. The van der Waals surface area contributed by atoms with Crippen LogP contribution in [-0.2, 0) is 11.2 Å². The lowest BCUT2D eigenvalue weighted by Gasteiger charge is -2.13. The lowest BCUT2D eigenvalue weighted by Crippen LogP contribution is -2.10. The normalized spacial score (nSPS) is 12.1. The van der Waals surface area contributed by atoms with Crippen molar-refractivity contribution in [2.45, 2.75) is 32.6 Å². The molecule has 1 heterocycles. The Bertz CT molecular complexity index is 690. The first-order valence-corrected chi connectivity index (χ1v) is 6.76. The third-order valence-electron chi connectivity index (χ3n) is 3.48. The molecule has 1 unspecified atom stereocenters. The first-order valence-electron chi connectivity index (χ1n) is 6.76. The monoisotopic (exact) mass is 304 g/mol. The fourth-order valence-corrected chi connectivity index (χ4v) is 2.36. The molecule has 0 aliphatic carbocycles. The predicted molar refractivity (Wildman–Crippen MR) is 77.8 cm³/mol. The number of nitrogens with zero attached hydrogens (tertiary/aromatic N) is 2. The zero-order chi connectivity index (χ0) is 16.3. The Kier molecular flexibility index (Phi) is 4.55. The highest BCUT2D eigenvalue weighted by molar-refractivity contribution is 5.68. The zero-order valence-electron chi connectivity index (χ0n) is 12.3. The molecule has 0 radical (unpaired) electrons. The van der Waals surface area contributed by atoms with Crippen molar-refractivity contribution in [3.05, 3.63) is 57.0 Å². The molecule has 0 bridgehead atoms. The van der Waals surface area contributed by atoms with E-state index in [1.54, 1.807) is 0 Å². The van der Waals surface area contributed by atoms with Gasteiger partial charge in [0.1, 0.15) is 0 Å². The first-order chi connectivity index (χ1) is 10.4. The highest BCUT2D eigenvalue weighted by Crippen LogP contribution is 2.31. The Morgan fingerprint density at radius 2 is 2.00 bits per heavy atom. The van der Waals surface area contributed by atoms with Crippen molar-refractivity contribution < 1.29 is 19.3 Å². The number of hydrogen-bond acceptors (Lipinski definition) is 5. The van der Waals surface area contributed by atoms with Gasteiger partial charge in [0, 0.05) is 12.3 Å². The van der Waals surface area contributed by atoms with Crippen LogP contribution in [0.2, 0.25) is 0 Å². The van der Waals surface area contributed by atoms with Gasteiger partial charge >= 0.3 is 11.7 Å². The van der Waals surface area contributed by atoms with E-state index in [4.69, 9.17) is 9.63 Å². The molecule has 1 atom stereocenters. The summed E-state index contributed by atoms with van der Waals surface area (Å²) in [6.45, 7) is 3.42. The molecule has 0 saturated carbocycles. The predicted octanol–water partition coefficient (Wildman–Crippen LogP) is 3.00. The van der Waals surface area contributed by atoms with E-state index in [0.717, 1.165) is 11.1 Å². The maximum absolute atomic E-state index is 11.1. The highest BCUT2D eigenvalue weighted by atomic mass is 16.6. The molecule has 0 saturated heterocycles. The van der Waals surface area contributed by atoms with Gasteiger partial charge in [0.15, 0.2) is 5.69 Å². The Hall–Kier alpha value is -2.70. The largest absolute Gasteiger partial charge is 0.481 e. The van der Waals surface area contributed by atoms with Crippen molar-refractivity contribution in [1.29, 1.82) is 0 Å². The number of rotatable bonds is 6. The Morgan fingerprint density at radius 3 is 2.55 bits per heavy atom. The van der Waals surface area contributed by atoms with Crippen molar-refractivity contribution in [2.75, 3.05) is 0 Å². The van der Waals surface area contributed by atoms with Gasteiger partial charge in [-0.25, -0.2) is 0 Å². The van der Waals surface area contributed by atoms with Gasteiger partial charge in [0.05, 0.1) is 11.3 Å². The summed E-state index contributed by atoms with van der Waals surface area (Å²) in [6, 6.07) is 7.42. The highest BCUT2D eigenvalue weighted by Gasteiger charge is 2.28. The van der Waals surface area contributed by atoms with Gasteiger partial charge in [0.2, 0.25) is 5.76 Å². The Labute approximate surface area is 126 Å². The molecular weight excluding hydrogens is 288 g/mol. The van der Waals surface area contributed by atoms with Crippen molar-refractivity contribution in [2.24, 2.45) is 0 Å². The van der Waals surface area contributed by atoms with Gasteiger partial charge < -0.3 is 9.63 Å². The van der Waals surface area contributed by atoms with Gasteiger partial charge in [-0.2, -0.15) is 0 Å². The molecule has 7 nitrogen and oxygen atoms in total. The SMILES string of the molecule is Cc1ccc(C(CC(=O)O)Cc2onc(C)c2[N+](=O)[O-])cc1.